The second-order valence-electron chi connectivity index (χ2n) is 7.80. The molecule has 1 aliphatic rings. The summed E-state index contributed by atoms with van der Waals surface area (Å²) in [5.41, 5.74) is 2.77. The van der Waals surface area contributed by atoms with E-state index < -0.39 is 18.8 Å². The number of aromatic amines is 1. The van der Waals surface area contributed by atoms with Crippen molar-refractivity contribution in [3.05, 3.63) is 77.6 Å². The van der Waals surface area contributed by atoms with Crippen molar-refractivity contribution in [1.82, 2.24) is 9.99 Å². The number of carbonyl (C=O) groups excluding carboxylic acids is 2. The summed E-state index contributed by atoms with van der Waals surface area (Å²) in [7, 11) is 1.34. The number of cyclic esters (lactones) is 1. The number of methoxy groups -OCH3 is 1. The van der Waals surface area contributed by atoms with Gasteiger partial charge in [0, 0.05) is 17.4 Å². The molecule has 0 fully saturated rings. The lowest BCUT2D eigenvalue weighted by atomic mass is 10.0. The minimum absolute atomic E-state index is 0.103. The summed E-state index contributed by atoms with van der Waals surface area (Å²) in [6.45, 7) is -1.04. The number of nitrogens with one attached hydrogen (secondary N) is 2. The van der Waals surface area contributed by atoms with Gasteiger partial charge in [0.05, 0.1) is 13.7 Å². The van der Waals surface area contributed by atoms with E-state index in [1.165, 1.54) is 24.3 Å². The van der Waals surface area contributed by atoms with Crippen LogP contribution in [-0.4, -0.2) is 47.5 Å². The predicted octanol–water partition coefficient (Wildman–Crippen LogP) is 5.01. The molecular formula is C25H24F2N4O5. The molecule has 2 amide bonds. The highest BCUT2D eigenvalue weighted by molar-refractivity contribution is 6.06. The van der Waals surface area contributed by atoms with Gasteiger partial charge in [0.15, 0.2) is 11.5 Å². The minimum Gasteiger partial charge on any atom is -0.493 e. The number of H-pyrrole nitrogens is 1. The Morgan fingerprint density at radius 1 is 1.19 bits per heavy atom. The van der Waals surface area contributed by atoms with Crippen LogP contribution in [0.2, 0.25) is 0 Å². The summed E-state index contributed by atoms with van der Waals surface area (Å²) in [6, 6.07) is 14.8. The molecule has 2 heterocycles. The van der Waals surface area contributed by atoms with Gasteiger partial charge < -0.3 is 24.5 Å². The maximum absolute atomic E-state index is 12.7. The first-order chi connectivity index (χ1) is 17.4. The van der Waals surface area contributed by atoms with Gasteiger partial charge in [0.25, 0.3) is 5.91 Å². The minimum atomic E-state index is -3.00. The first-order valence-electron chi connectivity index (χ1n) is 11.1. The second kappa shape index (κ2) is 10.9. The molecule has 1 atom stereocenters. The van der Waals surface area contributed by atoms with Crippen molar-refractivity contribution >= 4 is 23.4 Å². The number of rotatable bonds is 9. The molecule has 2 N–H and O–H groups in total. The van der Waals surface area contributed by atoms with Gasteiger partial charge in [0.1, 0.15) is 17.5 Å². The molecule has 0 bridgehead atoms. The highest BCUT2D eigenvalue weighted by Crippen LogP contribution is 2.31. The number of hydrogen-bond donors (Lipinski definition) is 2. The molecule has 0 saturated heterocycles. The monoisotopic (exact) mass is 498 g/mol. The van der Waals surface area contributed by atoms with Crippen LogP contribution in [0.15, 0.2) is 65.9 Å². The Morgan fingerprint density at radius 2 is 1.97 bits per heavy atom. The van der Waals surface area contributed by atoms with Gasteiger partial charge in [-0.25, -0.2) is 4.79 Å². The van der Waals surface area contributed by atoms with E-state index >= 15 is 0 Å². The van der Waals surface area contributed by atoms with E-state index in [4.69, 9.17) is 9.47 Å². The zero-order chi connectivity index (χ0) is 25.7. The third-order valence-electron chi connectivity index (χ3n) is 5.42. The van der Waals surface area contributed by atoms with Crippen molar-refractivity contribution in [3.63, 3.8) is 0 Å². The van der Waals surface area contributed by atoms with Crippen LogP contribution < -0.4 is 14.8 Å². The van der Waals surface area contributed by atoms with E-state index in [0.29, 0.717) is 29.1 Å². The molecule has 1 aromatic heterocycles. The molecule has 0 saturated carbocycles. The zero-order valence-electron chi connectivity index (χ0n) is 19.5. The van der Waals surface area contributed by atoms with Gasteiger partial charge in [0.2, 0.25) is 0 Å². The van der Waals surface area contributed by atoms with Crippen LogP contribution in [0, 0.1) is 0 Å². The molecule has 1 unspecified atom stereocenters. The number of benzene rings is 2. The van der Waals surface area contributed by atoms with E-state index in [1.807, 2.05) is 6.92 Å². The number of aromatic nitrogens is 1. The maximum atomic E-state index is 12.7. The Morgan fingerprint density at radius 3 is 2.61 bits per heavy atom. The van der Waals surface area contributed by atoms with Crippen LogP contribution in [0.25, 0.3) is 0 Å². The molecule has 0 aliphatic carbocycles. The summed E-state index contributed by atoms with van der Waals surface area (Å²) >= 11 is 0. The van der Waals surface area contributed by atoms with E-state index in [-0.39, 0.29) is 24.0 Å². The normalized spacial score (nSPS) is 15.4. The molecule has 1 aliphatic heterocycles. The fraction of sp³-hybridized carbons (Fsp3) is 0.240. The van der Waals surface area contributed by atoms with Crippen LogP contribution >= 0.6 is 0 Å². The summed E-state index contributed by atoms with van der Waals surface area (Å²) in [4.78, 5) is 27.6. The first-order valence-corrected chi connectivity index (χ1v) is 11.1. The Bertz CT molecular complexity index is 1250. The first kappa shape index (κ1) is 24.7. The van der Waals surface area contributed by atoms with Gasteiger partial charge in [-0.2, -0.15) is 18.9 Å². The number of hydrogen-bond acceptors (Lipinski definition) is 6. The van der Waals surface area contributed by atoms with Crippen molar-refractivity contribution in [2.24, 2.45) is 5.10 Å². The van der Waals surface area contributed by atoms with Gasteiger partial charge in [-0.3, -0.25) is 4.79 Å². The number of carbonyl (C=O) groups is 2. The van der Waals surface area contributed by atoms with E-state index in [2.05, 4.69) is 20.1 Å². The van der Waals surface area contributed by atoms with E-state index in [1.54, 1.807) is 48.7 Å². The third-order valence-corrected chi connectivity index (χ3v) is 5.42. The zero-order valence-corrected chi connectivity index (χ0v) is 19.5. The Balaban J connectivity index is 1.53. The smallest absolute Gasteiger partial charge is 0.431 e. The molecular weight excluding hydrogens is 474 g/mol. The summed E-state index contributed by atoms with van der Waals surface area (Å²) < 4.78 is 40.6. The van der Waals surface area contributed by atoms with Crippen LogP contribution in [0.3, 0.4) is 0 Å². The second-order valence-corrected chi connectivity index (χ2v) is 7.80. The largest absolute Gasteiger partial charge is 0.493 e. The van der Waals surface area contributed by atoms with Crippen molar-refractivity contribution in [2.45, 2.75) is 32.6 Å². The number of halogens is 2. The van der Waals surface area contributed by atoms with Crippen molar-refractivity contribution in [2.75, 3.05) is 12.4 Å². The Hall–Kier alpha value is -4.41. The SMILES string of the molecule is CCC1OC(=O)N(Cc2ccc(NC(=O)c3ccc[nH]3)cc2)N=C1c1ccc(OC(F)F)c(OC)c1. The average Bonchev–Trinajstić information content (AvgIpc) is 3.41. The molecule has 4 rings (SSSR count). The van der Waals surface area contributed by atoms with Gasteiger partial charge >= 0.3 is 12.7 Å². The molecule has 188 valence electrons. The molecule has 2 aromatic carbocycles. The number of anilines is 1. The van der Waals surface area contributed by atoms with Crippen molar-refractivity contribution < 1.29 is 32.6 Å². The van der Waals surface area contributed by atoms with Crippen molar-refractivity contribution in [1.29, 1.82) is 0 Å². The molecule has 0 radical (unpaired) electrons. The summed E-state index contributed by atoms with van der Waals surface area (Å²) in [5, 5.41) is 8.47. The van der Waals surface area contributed by atoms with Gasteiger partial charge in [-0.15, -0.1) is 0 Å². The van der Waals surface area contributed by atoms with Gasteiger partial charge in [-0.1, -0.05) is 19.1 Å². The lowest BCUT2D eigenvalue weighted by molar-refractivity contribution is -0.0512. The highest BCUT2D eigenvalue weighted by atomic mass is 19.3. The molecule has 36 heavy (non-hydrogen) atoms. The van der Waals surface area contributed by atoms with Crippen LogP contribution in [0.4, 0.5) is 19.3 Å². The van der Waals surface area contributed by atoms with Crippen LogP contribution in [-0.2, 0) is 11.3 Å². The molecule has 9 nitrogen and oxygen atoms in total. The molecule has 0 spiro atoms. The van der Waals surface area contributed by atoms with Gasteiger partial charge in [-0.05, 0) is 54.4 Å². The predicted molar refractivity (Wildman–Crippen MR) is 127 cm³/mol. The summed E-state index contributed by atoms with van der Waals surface area (Å²) in [6.07, 6.45) is 0.894. The fourth-order valence-corrected chi connectivity index (χ4v) is 3.65. The van der Waals surface area contributed by atoms with Crippen molar-refractivity contribution in [3.8, 4) is 11.5 Å². The van der Waals surface area contributed by atoms with E-state index in [9.17, 15) is 18.4 Å². The van der Waals surface area contributed by atoms with Crippen LogP contribution in [0.5, 0.6) is 11.5 Å². The number of amides is 2. The van der Waals surface area contributed by atoms with E-state index in [0.717, 1.165) is 5.56 Å². The average molecular weight is 498 g/mol. The Kier molecular flexibility index (Phi) is 7.47. The standard InChI is InChI=1S/C25H24F2N4O5/c1-3-19-22(16-8-11-20(35-24(26)27)21(13-16)34-2)30-31(25(33)36-19)14-15-6-9-17(10-7-15)29-23(32)18-5-4-12-28-18/h4-13,19,24,28H,3,14H2,1-2H3,(H,29,32). The topological polar surface area (TPSA) is 105 Å². The number of hydrazone groups is 1. The highest BCUT2D eigenvalue weighted by Gasteiger charge is 2.31. The number of ether oxygens (including phenoxy) is 3. The Labute approximate surface area is 205 Å². The lowest BCUT2D eigenvalue weighted by Crippen LogP contribution is -2.41. The fourth-order valence-electron chi connectivity index (χ4n) is 3.65. The lowest BCUT2D eigenvalue weighted by Gasteiger charge is -2.29. The number of nitrogens with zero attached hydrogens (tertiary/aromatic N) is 2. The number of alkyl halides is 2. The third kappa shape index (κ3) is 5.62. The summed E-state index contributed by atoms with van der Waals surface area (Å²) in [5.74, 6) is -0.281. The quantitative estimate of drug-likeness (QED) is 0.431. The molecule has 11 heteroatoms. The molecule has 3 aromatic rings. The van der Waals surface area contributed by atoms with Crippen LogP contribution in [0.1, 0.15) is 35.0 Å². The maximum Gasteiger partial charge on any atom is 0.431 e.